The van der Waals surface area contributed by atoms with Crippen LogP contribution in [0.4, 0.5) is 13.2 Å². The number of sulfonamides is 1. The van der Waals surface area contributed by atoms with Crippen LogP contribution in [0.5, 0.6) is 0 Å². The minimum absolute atomic E-state index is 0.0641. The lowest BCUT2D eigenvalue weighted by Gasteiger charge is -2.34. The van der Waals surface area contributed by atoms with E-state index in [-0.39, 0.29) is 18.7 Å². The zero-order chi connectivity index (χ0) is 18.0. The van der Waals surface area contributed by atoms with E-state index in [0.29, 0.717) is 25.7 Å². The van der Waals surface area contributed by atoms with Crippen LogP contribution in [0.1, 0.15) is 44.6 Å². The van der Waals surface area contributed by atoms with Crippen LogP contribution in [0.2, 0.25) is 0 Å². The summed E-state index contributed by atoms with van der Waals surface area (Å²) in [6.07, 6.45) is -2.41. The summed E-state index contributed by atoms with van der Waals surface area (Å²) in [6.45, 7) is 1.87. The highest BCUT2D eigenvalue weighted by Gasteiger charge is 2.42. The van der Waals surface area contributed by atoms with Crippen LogP contribution >= 0.6 is 0 Å². The van der Waals surface area contributed by atoms with Gasteiger partial charge >= 0.3 is 6.18 Å². The molecule has 0 aromatic heterocycles. The molecule has 134 valence electrons. The van der Waals surface area contributed by atoms with Gasteiger partial charge in [-0.05, 0) is 31.4 Å². The minimum atomic E-state index is -4.78. The zero-order valence-electron chi connectivity index (χ0n) is 13.3. The van der Waals surface area contributed by atoms with Gasteiger partial charge in [0, 0.05) is 13.0 Å². The SMILES string of the molecule is CCCC(=O)C1CCCCN1S(=O)(=O)c1ccccc1C(F)(F)F. The number of carbonyl (C=O) groups excluding carboxylic acids is 1. The number of carbonyl (C=O) groups is 1. The van der Waals surface area contributed by atoms with Crippen molar-refractivity contribution in [3.8, 4) is 0 Å². The molecule has 0 amide bonds. The van der Waals surface area contributed by atoms with Crippen molar-refractivity contribution in [1.29, 1.82) is 0 Å². The molecular weight excluding hydrogens is 343 g/mol. The first-order valence-electron chi connectivity index (χ1n) is 7.90. The van der Waals surface area contributed by atoms with Crippen molar-refractivity contribution in [3.63, 3.8) is 0 Å². The second kappa shape index (κ2) is 7.23. The van der Waals surface area contributed by atoms with Crippen molar-refractivity contribution in [2.45, 2.75) is 56.1 Å². The third kappa shape index (κ3) is 3.80. The first kappa shape index (κ1) is 18.9. The molecule has 0 bridgehead atoms. The maximum atomic E-state index is 13.2. The molecular formula is C16H20F3NO3S. The van der Waals surface area contributed by atoms with Crippen LogP contribution in [0.25, 0.3) is 0 Å². The van der Waals surface area contributed by atoms with Crippen molar-refractivity contribution >= 4 is 15.8 Å². The van der Waals surface area contributed by atoms with Gasteiger partial charge in [0.2, 0.25) is 10.0 Å². The quantitative estimate of drug-likeness (QED) is 0.803. The molecule has 1 aliphatic rings. The van der Waals surface area contributed by atoms with Crippen LogP contribution < -0.4 is 0 Å². The molecule has 8 heteroatoms. The van der Waals surface area contributed by atoms with Gasteiger partial charge < -0.3 is 0 Å². The number of ketones is 1. The van der Waals surface area contributed by atoms with E-state index in [0.717, 1.165) is 22.5 Å². The summed E-state index contributed by atoms with van der Waals surface area (Å²) in [5.74, 6) is -0.231. The molecule has 0 N–H and O–H groups in total. The highest BCUT2D eigenvalue weighted by Crippen LogP contribution is 2.36. The number of benzene rings is 1. The molecule has 4 nitrogen and oxygen atoms in total. The number of halogens is 3. The number of Topliss-reactive ketones (excluding diaryl/α,β-unsaturated/α-hetero) is 1. The van der Waals surface area contributed by atoms with Gasteiger partial charge in [-0.15, -0.1) is 0 Å². The minimum Gasteiger partial charge on any atom is -0.298 e. The molecule has 1 aromatic rings. The molecule has 1 heterocycles. The van der Waals surface area contributed by atoms with Crippen molar-refractivity contribution in [2.24, 2.45) is 0 Å². The number of piperidine rings is 1. The molecule has 1 aromatic carbocycles. The Balaban J connectivity index is 2.47. The third-order valence-corrected chi connectivity index (χ3v) is 6.07. The lowest BCUT2D eigenvalue weighted by atomic mass is 9.99. The van der Waals surface area contributed by atoms with E-state index < -0.39 is 32.7 Å². The highest BCUT2D eigenvalue weighted by atomic mass is 32.2. The molecule has 1 aliphatic heterocycles. The van der Waals surface area contributed by atoms with Gasteiger partial charge in [-0.2, -0.15) is 17.5 Å². The fourth-order valence-corrected chi connectivity index (χ4v) is 4.87. The van der Waals surface area contributed by atoms with E-state index in [1.54, 1.807) is 6.92 Å². The molecule has 0 saturated carbocycles. The maximum absolute atomic E-state index is 13.2. The van der Waals surface area contributed by atoms with Crippen LogP contribution in [-0.4, -0.2) is 31.1 Å². The fourth-order valence-electron chi connectivity index (χ4n) is 2.98. The second-order valence-electron chi connectivity index (χ2n) is 5.84. The topological polar surface area (TPSA) is 54.5 Å². The van der Waals surface area contributed by atoms with Gasteiger partial charge in [-0.3, -0.25) is 4.79 Å². The molecule has 0 radical (unpaired) electrons. The smallest absolute Gasteiger partial charge is 0.298 e. The molecule has 24 heavy (non-hydrogen) atoms. The number of alkyl halides is 3. The average molecular weight is 363 g/mol. The Labute approximate surface area is 139 Å². The first-order valence-corrected chi connectivity index (χ1v) is 9.34. The van der Waals surface area contributed by atoms with Crippen molar-refractivity contribution in [2.75, 3.05) is 6.54 Å². The second-order valence-corrected chi connectivity index (χ2v) is 7.70. The summed E-state index contributed by atoms with van der Waals surface area (Å²) in [4.78, 5) is 11.5. The van der Waals surface area contributed by atoms with Crippen molar-refractivity contribution < 1.29 is 26.4 Å². The van der Waals surface area contributed by atoms with E-state index in [1.165, 1.54) is 6.07 Å². The van der Waals surface area contributed by atoms with E-state index in [2.05, 4.69) is 0 Å². The highest BCUT2D eigenvalue weighted by molar-refractivity contribution is 7.89. The van der Waals surface area contributed by atoms with E-state index >= 15 is 0 Å². The predicted octanol–water partition coefficient (Wildman–Crippen LogP) is 3.62. The standard InChI is InChI=1S/C16H20F3NO3S/c1-2-7-14(21)13-9-5-6-11-20(13)24(22,23)15-10-4-3-8-12(15)16(17,18)19/h3-4,8,10,13H,2,5-7,9,11H2,1H3. The van der Waals surface area contributed by atoms with Crippen LogP contribution in [-0.2, 0) is 21.0 Å². The summed E-state index contributed by atoms with van der Waals surface area (Å²) in [7, 11) is -4.40. The molecule has 2 rings (SSSR count). The molecule has 1 unspecified atom stereocenters. The number of rotatable bonds is 5. The Hall–Kier alpha value is -1.41. The molecule has 0 aliphatic carbocycles. The Morgan fingerprint density at radius 2 is 1.92 bits per heavy atom. The number of nitrogens with zero attached hydrogens (tertiary/aromatic N) is 1. The largest absolute Gasteiger partial charge is 0.417 e. The van der Waals surface area contributed by atoms with Crippen LogP contribution in [0.15, 0.2) is 29.2 Å². The van der Waals surface area contributed by atoms with Gasteiger partial charge in [0.25, 0.3) is 0 Å². The molecule has 1 atom stereocenters. The summed E-state index contributed by atoms with van der Waals surface area (Å²) in [6, 6.07) is 3.24. The summed E-state index contributed by atoms with van der Waals surface area (Å²) in [5, 5.41) is 0. The van der Waals surface area contributed by atoms with E-state index in [9.17, 15) is 26.4 Å². The van der Waals surface area contributed by atoms with E-state index in [4.69, 9.17) is 0 Å². The fraction of sp³-hybridized carbons (Fsp3) is 0.562. The Kier molecular flexibility index (Phi) is 5.70. The van der Waals surface area contributed by atoms with Gasteiger partial charge in [-0.25, -0.2) is 8.42 Å². The average Bonchev–Trinajstić information content (AvgIpc) is 2.54. The monoisotopic (exact) mass is 363 g/mol. The van der Waals surface area contributed by atoms with E-state index in [1.807, 2.05) is 0 Å². The Morgan fingerprint density at radius 3 is 2.54 bits per heavy atom. The molecule has 1 fully saturated rings. The Morgan fingerprint density at radius 1 is 1.25 bits per heavy atom. The van der Waals surface area contributed by atoms with Gasteiger partial charge in [0.05, 0.1) is 16.5 Å². The predicted molar refractivity (Wildman–Crippen MR) is 82.9 cm³/mol. The summed E-state index contributed by atoms with van der Waals surface area (Å²) >= 11 is 0. The maximum Gasteiger partial charge on any atom is 0.417 e. The molecule has 1 saturated heterocycles. The van der Waals surface area contributed by atoms with Crippen molar-refractivity contribution in [3.05, 3.63) is 29.8 Å². The molecule has 0 spiro atoms. The van der Waals surface area contributed by atoms with Gasteiger partial charge in [0.1, 0.15) is 0 Å². The summed E-state index contributed by atoms with van der Waals surface area (Å²) in [5.41, 5.74) is -1.20. The first-order chi connectivity index (χ1) is 11.2. The van der Waals surface area contributed by atoms with Crippen LogP contribution in [0, 0.1) is 0 Å². The lowest BCUT2D eigenvalue weighted by molar-refractivity contribution is -0.139. The lowest BCUT2D eigenvalue weighted by Crippen LogP contribution is -2.48. The van der Waals surface area contributed by atoms with Gasteiger partial charge in [0.15, 0.2) is 5.78 Å². The van der Waals surface area contributed by atoms with Crippen molar-refractivity contribution in [1.82, 2.24) is 4.31 Å². The summed E-state index contributed by atoms with van der Waals surface area (Å²) < 4.78 is 66.2. The Bertz CT molecular complexity index is 701. The van der Waals surface area contributed by atoms with Crippen LogP contribution in [0.3, 0.4) is 0 Å². The zero-order valence-corrected chi connectivity index (χ0v) is 14.2. The third-order valence-electron chi connectivity index (χ3n) is 4.10. The number of hydrogen-bond donors (Lipinski definition) is 0. The normalized spacial score (nSPS) is 20.1. The van der Waals surface area contributed by atoms with Gasteiger partial charge in [-0.1, -0.05) is 25.5 Å². The number of hydrogen-bond acceptors (Lipinski definition) is 3.